The van der Waals surface area contributed by atoms with Crippen molar-refractivity contribution in [2.24, 2.45) is 11.3 Å². The fourth-order valence-electron chi connectivity index (χ4n) is 3.40. The Bertz CT molecular complexity index is 363. The molecule has 0 radical (unpaired) electrons. The van der Waals surface area contributed by atoms with E-state index in [1.54, 1.807) is 0 Å². The van der Waals surface area contributed by atoms with Crippen LogP contribution in [-0.2, 0) is 6.42 Å². The molecule has 0 aromatic heterocycles. The molecule has 1 aromatic rings. The number of aryl methyl sites for hydroxylation is 1. The quantitative estimate of drug-likeness (QED) is 0.637. The average Bonchev–Trinajstić information content (AvgIpc) is 2.38. The Balaban J connectivity index is 2.35. The monoisotopic (exact) mass is 289 g/mol. The van der Waals surface area contributed by atoms with Crippen molar-refractivity contribution in [2.45, 2.75) is 72.8 Å². The van der Waals surface area contributed by atoms with Crippen LogP contribution < -0.4 is 5.32 Å². The second-order valence-electron chi connectivity index (χ2n) is 7.74. The van der Waals surface area contributed by atoms with Crippen LogP contribution in [0.2, 0.25) is 0 Å². The summed E-state index contributed by atoms with van der Waals surface area (Å²) in [5.74, 6) is 0.797. The van der Waals surface area contributed by atoms with Gasteiger partial charge in [-0.25, -0.2) is 0 Å². The van der Waals surface area contributed by atoms with Gasteiger partial charge >= 0.3 is 0 Å². The van der Waals surface area contributed by atoms with Crippen LogP contribution in [0.5, 0.6) is 0 Å². The number of hydrogen-bond acceptors (Lipinski definition) is 1. The number of benzene rings is 1. The Morgan fingerprint density at radius 3 is 2.33 bits per heavy atom. The molecule has 1 rings (SSSR count). The standard InChI is InChI=1S/C20H35N/c1-6-21-19(15-17(2)16-20(3,4)5)14-10-13-18-11-8-7-9-12-18/h7-9,11-12,17,19,21H,6,10,13-16H2,1-5H3. The number of rotatable bonds is 9. The molecule has 21 heavy (non-hydrogen) atoms. The SMILES string of the molecule is CCNC(CCCc1ccccc1)CC(C)CC(C)(C)C. The van der Waals surface area contributed by atoms with E-state index in [0.29, 0.717) is 11.5 Å². The molecule has 2 unspecified atom stereocenters. The summed E-state index contributed by atoms with van der Waals surface area (Å²) in [5, 5.41) is 3.69. The summed E-state index contributed by atoms with van der Waals surface area (Å²) in [5.41, 5.74) is 1.91. The molecule has 1 N–H and O–H groups in total. The Hall–Kier alpha value is -0.820. The van der Waals surface area contributed by atoms with Gasteiger partial charge in [-0.05, 0) is 55.5 Å². The lowest BCUT2D eigenvalue weighted by Gasteiger charge is -2.27. The summed E-state index contributed by atoms with van der Waals surface area (Å²) in [7, 11) is 0. The molecule has 0 aliphatic carbocycles. The van der Waals surface area contributed by atoms with Gasteiger partial charge in [-0.3, -0.25) is 0 Å². The Labute approximate surface area is 132 Å². The van der Waals surface area contributed by atoms with E-state index in [1.807, 2.05) is 0 Å². The highest BCUT2D eigenvalue weighted by Gasteiger charge is 2.18. The lowest BCUT2D eigenvalue weighted by atomic mass is 9.82. The van der Waals surface area contributed by atoms with Crippen LogP contribution in [0.15, 0.2) is 30.3 Å². The van der Waals surface area contributed by atoms with Gasteiger partial charge in [0.1, 0.15) is 0 Å². The second-order valence-corrected chi connectivity index (χ2v) is 7.74. The highest BCUT2D eigenvalue weighted by molar-refractivity contribution is 5.14. The van der Waals surface area contributed by atoms with E-state index in [4.69, 9.17) is 0 Å². The van der Waals surface area contributed by atoms with Crippen molar-refractivity contribution in [3.63, 3.8) is 0 Å². The van der Waals surface area contributed by atoms with E-state index in [2.05, 4.69) is 70.3 Å². The molecule has 120 valence electrons. The van der Waals surface area contributed by atoms with Crippen LogP contribution in [-0.4, -0.2) is 12.6 Å². The number of nitrogens with one attached hydrogen (secondary N) is 1. The minimum atomic E-state index is 0.445. The third kappa shape index (κ3) is 8.93. The first kappa shape index (κ1) is 18.2. The lowest BCUT2D eigenvalue weighted by Crippen LogP contribution is -2.31. The number of hydrogen-bond donors (Lipinski definition) is 1. The maximum Gasteiger partial charge on any atom is 0.00696 e. The maximum atomic E-state index is 3.69. The molecule has 0 aliphatic heterocycles. The molecule has 1 nitrogen and oxygen atoms in total. The molecule has 0 spiro atoms. The smallest absolute Gasteiger partial charge is 0.00696 e. The van der Waals surface area contributed by atoms with E-state index >= 15 is 0 Å². The van der Waals surface area contributed by atoms with Gasteiger partial charge in [-0.2, -0.15) is 0 Å². The van der Waals surface area contributed by atoms with Crippen molar-refractivity contribution in [1.82, 2.24) is 5.32 Å². The summed E-state index contributed by atoms with van der Waals surface area (Å²) >= 11 is 0. The van der Waals surface area contributed by atoms with Gasteiger partial charge in [0.05, 0.1) is 0 Å². The van der Waals surface area contributed by atoms with Crippen molar-refractivity contribution < 1.29 is 0 Å². The minimum absolute atomic E-state index is 0.445. The average molecular weight is 290 g/mol. The van der Waals surface area contributed by atoms with Gasteiger partial charge in [-0.15, -0.1) is 0 Å². The molecule has 0 saturated heterocycles. The van der Waals surface area contributed by atoms with E-state index in [9.17, 15) is 0 Å². The summed E-state index contributed by atoms with van der Waals surface area (Å²) in [6, 6.07) is 11.5. The largest absolute Gasteiger partial charge is 0.314 e. The van der Waals surface area contributed by atoms with Gasteiger partial charge in [0.2, 0.25) is 0 Å². The van der Waals surface area contributed by atoms with Crippen LogP contribution in [0, 0.1) is 11.3 Å². The first-order chi connectivity index (χ1) is 9.90. The van der Waals surface area contributed by atoms with Crippen molar-refractivity contribution >= 4 is 0 Å². The minimum Gasteiger partial charge on any atom is -0.314 e. The van der Waals surface area contributed by atoms with Gasteiger partial charge in [0.15, 0.2) is 0 Å². The van der Waals surface area contributed by atoms with Crippen molar-refractivity contribution in [1.29, 1.82) is 0 Å². The second kappa shape index (κ2) is 9.25. The zero-order chi connectivity index (χ0) is 15.7. The summed E-state index contributed by atoms with van der Waals surface area (Å²) in [6.45, 7) is 12.8. The summed E-state index contributed by atoms with van der Waals surface area (Å²) in [4.78, 5) is 0. The third-order valence-electron chi connectivity index (χ3n) is 4.00. The van der Waals surface area contributed by atoms with Crippen molar-refractivity contribution in [2.75, 3.05) is 6.54 Å². The predicted octanol–water partition coefficient (Wildman–Crippen LogP) is 5.45. The molecule has 0 aliphatic rings. The normalized spacial score (nSPS) is 14.9. The fraction of sp³-hybridized carbons (Fsp3) is 0.700. The molecular weight excluding hydrogens is 254 g/mol. The van der Waals surface area contributed by atoms with Gasteiger partial charge in [-0.1, -0.05) is 65.0 Å². The van der Waals surface area contributed by atoms with E-state index < -0.39 is 0 Å². The molecule has 0 heterocycles. The van der Waals surface area contributed by atoms with Gasteiger partial charge in [0.25, 0.3) is 0 Å². The lowest BCUT2D eigenvalue weighted by molar-refractivity contribution is 0.270. The highest BCUT2D eigenvalue weighted by Crippen LogP contribution is 2.27. The van der Waals surface area contributed by atoms with Crippen LogP contribution in [0.1, 0.15) is 65.9 Å². The molecule has 0 bridgehead atoms. The molecule has 2 atom stereocenters. The van der Waals surface area contributed by atoms with Gasteiger partial charge in [0, 0.05) is 6.04 Å². The Morgan fingerprint density at radius 1 is 1.10 bits per heavy atom. The fourth-order valence-corrected chi connectivity index (χ4v) is 3.40. The zero-order valence-electron chi connectivity index (χ0n) is 14.8. The zero-order valence-corrected chi connectivity index (χ0v) is 14.8. The highest BCUT2D eigenvalue weighted by atomic mass is 14.9. The molecular formula is C20H35N. The van der Waals surface area contributed by atoms with E-state index in [1.165, 1.54) is 37.7 Å². The molecule has 0 saturated carbocycles. The molecule has 1 aromatic carbocycles. The molecule has 0 amide bonds. The van der Waals surface area contributed by atoms with Gasteiger partial charge < -0.3 is 5.32 Å². The predicted molar refractivity (Wildman–Crippen MR) is 94.7 cm³/mol. The Morgan fingerprint density at radius 2 is 1.76 bits per heavy atom. The topological polar surface area (TPSA) is 12.0 Å². The Kier molecular flexibility index (Phi) is 8.03. The molecule has 1 heteroatoms. The summed E-state index contributed by atoms with van der Waals surface area (Å²) < 4.78 is 0. The van der Waals surface area contributed by atoms with Crippen LogP contribution >= 0.6 is 0 Å². The van der Waals surface area contributed by atoms with Crippen LogP contribution in [0.4, 0.5) is 0 Å². The first-order valence-electron chi connectivity index (χ1n) is 8.68. The van der Waals surface area contributed by atoms with E-state index in [-0.39, 0.29) is 0 Å². The maximum absolute atomic E-state index is 3.69. The van der Waals surface area contributed by atoms with Crippen molar-refractivity contribution in [3.05, 3.63) is 35.9 Å². The molecule has 0 fully saturated rings. The summed E-state index contributed by atoms with van der Waals surface area (Å²) in [6.07, 6.45) is 6.39. The first-order valence-corrected chi connectivity index (χ1v) is 8.68. The van der Waals surface area contributed by atoms with Crippen LogP contribution in [0.25, 0.3) is 0 Å². The van der Waals surface area contributed by atoms with Crippen molar-refractivity contribution in [3.8, 4) is 0 Å². The van der Waals surface area contributed by atoms with E-state index in [0.717, 1.165) is 12.5 Å². The third-order valence-corrected chi connectivity index (χ3v) is 4.00. The van der Waals surface area contributed by atoms with Crippen LogP contribution in [0.3, 0.4) is 0 Å².